The van der Waals surface area contributed by atoms with Crippen molar-refractivity contribution in [1.29, 1.82) is 0 Å². The number of nitrogen functional groups attached to an aromatic ring is 1. The summed E-state index contributed by atoms with van der Waals surface area (Å²) < 4.78 is 1.74. The van der Waals surface area contributed by atoms with Gasteiger partial charge in [-0.1, -0.05) is 18.2 Å². The van der Waals surface area contributed by atoms with E-state index in [0.29, 0.717) is 5.82 Å². The molecule has 0 unspecified atom stereocenters. The second-order valence-electron chi connectivity index (χ2n) is 7.31. The number of nitrogens with one attached hydrogen (secondary N) is 1. The minimum absolute atomic E-state index is 0.648. The summed E-state index contributed by atoms with van der Waals surface area (Å²) in [6.07, 6.45) is 3.71. The first kappa shape index (κ1) is 17.1. The summed E-state index contributed by atoms with van der Waals surface area (Å²) in [7, 11) is 0. The first-order valence-corrected chi connectivity index (χ1v) is 9.61. The smallest absolute Gasteiger partial charge is 0.165 e. The highest BCUT2D eigenvalue weighted by Gasteiger charge is 2.18. The number of fused-ring (bicyclic) bond motifs is 2. The number of nitrogens with two attached hydrogens (primary N) is 1. The predicted octanol–water partition coefficient (Wildman–Crippen LogP) is 2.24. The number of rotatable bonds is 3. The molecule has 3 aromatic heterocycles. The van der Waals surface area contributed by atoms with Crippen LogP contribution in [0.1, 0.15) is 11.3 Å². The molecule has 1 aliphatic heterocycles. The van der Waals surface area contributed by atoms with Gasteiger partial charge in [-0.25, -0.2) is 4.98 Å². The number of nitrogens with zero attached hydrogens (tertiary/aromatic N) is 5. The van der Waals surface area contributed by atoms with E-state index in [-0.39, 0.29) is 0 Å². The van der Waals surface area contributed by atoms with Crippen molar-refractivity contribution >= 4 is 22.4 Å². The van der Waals surface area contributed by atoms with Crippen LogP contribution in [0.2, 0.25) is 0 Å². The average molecular weight is 373 g/mol. The molecule has 7 heteroatoms. The maximum absolute atomic E-state index is 6.42. The Balaban J connectivity index is 1.61. The van der Waals surface area contributed by atoms with E-state index in [1.165, 1.54) is 0 Å². The molecule has 0 aliphatic carbocycles. The Morgan fingerprint density at radius 1 is 1.14 bits per heavy atom. The fraction of sp³-hybridized carbons (Fsp3) is 0.286. The maximum atomic E-state index is 6.42. The fourth-order valence-electron chi connectivity index (χ4n) is 3.80. The molecule has 7 nitrogen and oxygen atoms in total. The molecule has 4 heterocycles. The Morgan fingerprint density at radius 2 is 1.96 bits per heavy atom. The normalized spacial score (nSPS) is 15.5. The molecule has 0 bridgehead atoms. The van der Waals surface area contributed by atoms with Crippen LogP contribution in [0.4, 0.5) is 5.82 Å². The number of pyridine rings is 1. The largest absolute Gasteiger partial charge is 0.383 e. The third kappa shape index (κ3) is 2.89. The summed E-state index contributed by atoms with van der Waals surface area (Å²) in [6, 6.07) is 10.2. The Labute approximate surface area is 163 Å². The lowest BCUT2D eigenvalue weighted by atomic mass is 10.1. The van der Waals surface area contributed by atoms with Crippen LogP contribution in [0.15, 0.2) is 42.7 Å². The molecular formula is C21H23N7. The number of piperazine rings is 1. The minimum atomic E-state index is 0.648. The lowest BCUT2D eigenvalue weighted by Crippen LogP contribution is -2.43. The van der Waals surface area contributed by atoms with Gasteiger partial charge < -0.3 is 11.1 Å². The highest BCUT2D eigenvalue weighted by molar-refractivity contribution is 5.87. The molecule has 1 aliphatic rings. The van der Waals surface area contributed by atoms with E-state index in [0.717, 1.165) is 71.7 Å². The highest BCUT2D eigenvalue weighted by Crippen LogP contribution is 2.28. The summed E-state index contributed by atoms with van der Waals surface area (Å²) in [5, 5.41) is 8.99. The second kappa shape index (κ2) is 6.85. The van der Waals surface area contributed by atoms with Gasteiger partial charge in [0.2, 0.25) is 0 Å². The van der Waals surface area contributed by atoms with Crippen molar-refractivity contribution < 1.29 is 0 Å². The molecule has 1 fully saturated rings. The number of hydrogen-bond acceptors (Lipinski definition) is 6. The monoisotopic (exact) mass is 373 g/mol. The van der Waals surface area contributed by atoms with Crippen molar-refractivity contribution in [3.8, 4) is 11.1 Å². The predicted molar refractivity (Wildman–Crippen MR) is 111 cm³/mol. The number of aromatic nitrogens is 4. The first-order chi connectivity index (χ1) is 13.7. The molecule has 0 radical (unpaired) electrons. The van der Waals surface area contributed by atoms with Crippen molar-refractivity contribution in [3.05, 3.63) is 54.0 Å². The maximum Gasteiger partial charge on any atom is 0.165 e. The average Bonchev–Trinajstić information content (AvgIpc) is 3.16. The van der Waals surface area contributed by atoms with E-state index in [1.807, 2.05) is 37.5 Å². The lowest BCUT2D eigenvalue weighted by Gasteiger charge is -2.27. The third-order valence-corrected chi connectivity index (χ3v) is 5.51. The van der Waals surface area contributed by atoms with Gasteiger partial charge in [0.1, 0.15) is 5.82 Å². The molecule has 4 aromatic rings. The van der Waals surface area contributed by atoms with Crippen molar-refractivity contribution in [1.82, 2.24) is 29.8 Å². The van der Waals surface area contributed by atoms with Gasteiger partial charge >= 0.3 is 0 Å². The van der Waals surface area contributed by atoms with Crippen LogP contribution in [0.5, 0.6) is 0 Å². The molecule has 1 saturated heterocycles. The quantitative estimate of drug-likeness (QED) is 0.573. The summed E-state index contributed by atoms with van der Waals surface area (Å²) in [4.78, 5) is 12.0. The number of para-hydroxylation sites is 1. The molecule has 0 atom stereocenters. The van der Waals surface area contributed by atoms with Gasteiger partial charge in [0.15, 0.2) is 5.65 Å². The van der Waals surface area contributed by atoms with Crippen LogP contribution in [0.3, 0.4) is 0 Å². The van der Waals surface area contributed by atoms with E-state index >= 15 is 0 Å². The molecule has 28 heavy (non-hydrogen) atoms. The molecule has 0 spiro atoms. The van der Waals surface area contributed by atoms with Crippen molar-refractivity contribution in [3.63, 3.8) is 0 Å². The summed E-state index contributed by atoms with van der Waals surface area (Å²) in [5.74, 6) is 0.648. The van der Waals surface area contributed by atoms with Gasteiger partial charge in [0.25, 0.3) is 0 Å². The number of anilines is 1. The van der Waals surface area contributed by atoms with Gasteiger partial charge in [-0.2, -0.15) is 9.61 Å². The van der Waals surface area contributed by atoms with Crippen LogP contribution < -0.4 is 11.1 Å². The van der Waals surface area contributed by atoms with Gasteiger partial charge in [-0.05, 0) is 19.1 Å². The molecule has 0 amide bonds. The topological polar surface area (TPSA) is 84.4 Å². The van der Waals surface area contributed by atoms with Gasteiger partial charge in [-0.15, -0.1) is 0 Å². The molecule has 1 aromatic carbocycles. The van der Waals surface area contributed by atoms with Crippen LogP contribution >= 0.6 is 0 Å². The molecule has 142 valence electrons. The second-order valence-corrected chi connectivity index (χ2v) is 7.31. The van der Waals surface area contributed by atoms with Crippen LogP contribution in [0.25, 0.3) is 27.7 Å². The van der Waals surface area contributed by atoms with Crippen molar-refractivity contribution in [2.75, 3.05) is 31.9 Å². The third-order valence-electron chi connectivity index (χ3n) is 5.51. The zero-order valence-electron chi connectivity index (χ0n) is 15.9. The Morgan fingerprint density at radius 3 is 2.82 bits per heavy atom. The van der Waals surface area contributed by atoms with Gasteiger partial charge in [0.05, 0.1) is 17.4 Å². The molecular weight excluding hydrogens is 350 g/mol. The van der Waals surface area contributed by atoms with E-state index in [2.05, 4.69) is 32.4 Å². The Kier molecular flexibility index (Phi) is 4.18. The zero-order valence-corrected chi connectivity index (χ0v) is 15.9. The fourth-order valence-corrected chi connectivity index (χ4v) is 3.80. The van der Waals surface area contributed by atoms with Crippen LogP contribution in [0, 0.1) is 6.92 Å². The minimum Gasteiger partial charge on any atom is -0.383 e. The Hall–Kier alpha value is -3.03. The van der Waals surface area contributed by atoms with Crippen LogP contribution in [-0.4, -0.2) is 50.7 Å². The number of benzene rings is 1. The number of hydrogen-bond donors (Lipinski definition) is 2. The highest BCUT2D eigenvalue weighted by atomic mass is 15.3. The van der Waals surface area contributed by atoms with Gasteiger partial charge in [-0.3, -0.25) is 9.88 Å². The SMILES string of the molecule is Cc1c(CN2CCNCC2)nc2c(-c3cnc4ccccc4c3)cnn2c1N. The van der Waals surface area contributed by atoms with E-state index in [9.17, 15) is 0 Å². The van der Waals surface area contributed by atoms with E-state index < -0.39 is 0 Å². The first-order valence-electron chi connectivity index (χ1n) is 9.61. The summed E-state index contributed by atoms with van der Waals surface area (Å²) in [6.45, 7) is 6.89. The Bertz CT molecular complexity index is 1160. The zero-order chi connectivity index (χ0) is 19.1. The molecule has 3 N–H and O–H groups in total. The molecule has 5 rings (SSSR count). The summed E-state index contributed by atoms with van der Waals surface area (Å²) in [5.41, 5.74) is 12.1. The lowest BCUT2D eigenvalue weighted by molar-refractivity contribution is 0.230. The van der Waals surface area contributed by atoms with Crippen molar-refractivity contribution in [2.45, 2.75) is 13.5 Å². The van der Waals surface area contributed by atoms with Crippen LogP contribution in [-0.2, 0) is 6.54 Å². The van der Waals surface area contributed by atoms with E-state index in [1.54, 1.807) is 4.52 Å². The van der Waals surface area contributed by atoms with Crippen molar-refractivity contribution in [2.24, 2.45) is 0 Å². The summed E-state index contributed by atoms with van der Waals surface area (Å²) >= 11 is 0. The van der Waals surface area contributed by atoms with E-state index in [4.69, 9.17) is 10.7 Å². The standard InChI is InChI=1S/C21H23N7/c1-14-19(13-27-8-6-23-7-9-27)26-21-17(12-25-28(21)20(14)22)16-10-15-4-2-3-5-18(15)24-11-16/h2-5,10-12,23H,6-9,13,22H2,1H3. The molecule has 0 saturated carbocycles. The van der Waals surface area contributed by atoms with Gasteiger partial charge in [0, 0.05) is 61.0 Å².